The zero-order chi connectivity index (χ0) is 41.2. The van der Waals surface area contributed by atoms with Crippen LogP contribution in [0.1, 0.15) is 56.8 Å². The molecule has 1 fully saturated rings. The molecule has 14 nitrogen and oxygen atoms in total. The number of piperidine rings is 1. The van der Waals surface area contributed by atoms with Crippen LogP contribution in [0.3, 0.4) is 0 Å². The second-order valence-electron chi connectivity index (χ2n) is 13.2. The first-order valence-corrected chi connectivity index (χ1v) is 18.6. The molecule has 1 aromatic heterocycles. The number of imide groups is 1. The maximum absolute atomic E-state index is 13.1. The fraction of sp³-hybridized carbons (Fsp3) is 0.300. The minimum absolute atomic E-state index is 0.0917. The number of nitrogens with zero attached hydrogens (tertiary/aromatic N) is 2. The van der Waals surface area contributed by atoms with Crippen molar-refractivity contribution < 1.29 is 51.4 Å². The molecule has 1 saturated heterocycles. The van der Waals surface area contributed by atoms with Crippen LogP contribution >= 0.6 is 11.6 Å². The van der Waals surface area contributed by atoms with Crippen molar-refractivity contribution in [1.82, 2.24) is 20.5 Å². The third kappa shape index (κ3) is 10.9. The molecule has 304 valence electrons. The SMILES string of the molecule is O=C1CCC(N2Cc3c(CCCOCCOCCNC(=O)c4cc(Oc5ccc(NC(=O)Nc6ccc(Cl)c(C(F)(F)F)c6)cc5)ccn4)cccc3C2=O)C(=O)N1. The van der Waals surface area contributed by atoms with Crippen LogP contribution in [0.25, 0.3) is 0 Å². The van der Waals surface area contributed by atoms with E-state index in [4.69, 9.17) is 25.8 Å². The Bertz CT molecular complexity index is 2170. The smallest absolute Gasteiger partial charge is 0.417 e. The van der Waals surface area contributed by atoms with Crippen molar-refractivity contribution in [3.8, 4) is 11.5 Å². The molecule has 3 heterocycles. The van der Waals surface area contributed by atoms with E-state index in [1.165, 1.54) is 30.5 Å². The molecule has 0 saturated carbocycles. The Morgan fingerprint density at radius 3 is 2.40 bits per heavy atom. The Labute approximate surface area is 335 Å². The number of benzene rings is 3. The van der Waals surface area contributed by atoms with Crippen LogP contribution in [0.4, 0.5) is 29.3 Å². The van der Waals surface area contributed by atoms with Crippen molar-refractivity contribution in [2.75, 3.05) is 43.6 Å². The van der Waals surface area contributed by atoms with E-state index >= 15 is 0 Å². The van der Waals surface area contributed by atoms with Gasteiger partial charge in [-0.2, -0.15) is 13.2 Å². The largest absolute Gasteiger partial charge is 0.457 e. The normalized spacial score (nSPS) is 15.1. The van der Waals surface area contributed by atoms with Crippen molar-refractivity contribution in [3.05, 3.63) is 112 Å². The minimum atomic E-state index is -4.68. The van der Waals surface area contributed by atoms with Gasteiger partial charge in [-0.1, -0.05) is 23.7 Å². The predicted molar refractivity (Wildman–Crippen MR) is 205 cm³/mol. The fourth-order valence-electron chi connectivity index (χ4n) is 6.35. The number of carbonyl (C=O) groups is 5. The highest BCUT2D eigenvalue weighted by Gasteiger charge is 2.39. The summed E-state index contributed by atoms with van der Waals surface area (Å²) in [4.78, 5) is 67.6. The topological polar surface area (TPSA) is 177 Å². The number of aryl methyl sites for hydroxylation is 1. The standard InChI is InChI=1S/C40H38ClF3N6O8/c41-32-11-8-26(21-31(32)40(42,43)44)48-39(55)47-25-6-9-27(10-7-25)58-28-14-15-45-33(22-28)36(52)46-16-18-57-20-19-56-17-2-4-24-3-1-5-29-30(24)23-50(38(29)54)34-12-13-35(51)49-37(34)53/h1,3,5-11,14-15,21-22,34H,2,4,12-13,16-20,23H2,(H,46,52)(H2,47,48,55)(H,49,51,53). The summed E-state index contributed by atoms with van der Waals surface area (Å²) in [6.45, 7) is 1.93. The average Bonchev–Trinajstić information content (AvgIpc) is 3.52. The molecule has 6 rings (SSSR count). The van der Waals surface area contributed by atoms with E-state index in [0.717, 1.165) is 23.3 Å². The molecule has 1 atom stereocenters. The Hall–Kier alpha value is -6.04. The van der Waals surface area contributed by atoms with Crippen molar-refractivity contribution in [1.29, 1.82) is 0 Å². The quantitative estimate of drug-likeness (QED) is 0.0741. The van der Waals surface area contributed by atoms with Gasteiger partial charge in [0.1, 0.15) is 23.2 Å². The van der Waals surface area contributed by atoms with Crippen molar-refractivity contribution >= 4 is 52.6 Å². The Kier molecular flexibility index (Phi) is 13.6. The number of ether oxygens (including phenoxy) is 3. The number of hydrogen-bond acceptors (Lipinski definition) is 9. The number of alkyl halides is 3. The van der Waals surface area contributed by atoms with Gasteiger partial charge in [-0.25, -0.2) is 4.79 Å². The molecule has 0 radical (unpaired) electrons. The number of urea groups is 1. The molecule has 2 aliphatic rings. The molecular weight excluding hydrogens is 785 g/mol. The fourth-order valence-corrected chi connectivity index (χ4v) is 6.58. The predicted octanol–water partition coefficient (Wildman–Crippen LogP) is 6.35. The third-order valence-electron chi connectivity index (χ3n) is 9.16. The lowest BCUT2D eigenvalue weighted by molar-refractivity contribution is -0.138. The number of anilines is 2. The van der Waals surface area contributed by atoms with Crippen molar-refractivity contribution in [2.45, 2.75) is 44.4 Å². The summed E-state index contributed by atoms with van der Waals surface area (Å²) in [6.07, 6.45) is -1.35. The molecule has 18 heteroatoms. The van der Waals surface area contributed by atoms with Crippen molar-refractivity contribution in [3.63, 3.8) is 0 Å². The van der Waals surface area contributed by atoms with Gasteiger partial charge < -0.3 is 35.1 Å². The van der Waals surface area contributed by atoms with E-state index in [9.17, 15) is 37.1 Å². The van der Waals surface area contributed by atoms with Gasteiger partial charge in [0, 0.05) is 55.3 Å². The number of aromatic nitrogens is 1. The second-order valence-corrected chi connectivity index (χ2v) is 13.6. The monoisotopic (exact) mass is 822 g/mol. The maximum atomic E-state index is 13.1. The average molecular weight is 823 g/mol. The van der Waals surface area contributed by atoms with Gasteiger partial charge in [0.25, 0.3) is 11.8 Å². The number of halogens is 4. The second kappa shape index (κ2) is 18.9. The Balaban J connectivity index is 0.848. The minimum Gasteiger partial charge on any atom is -0.457 e. The molecule has 0 aliphatic carbocycles. The summed E-state index contributed by atoms with van der Waals surface area (Å²) in [7, 11) is 0. The molecular formula is C40H38ClF3N6O8. The molecule has 2 aliphatic heterocycles. The molecule has 6 amide bonds. The van der Waals surface area contributed by atoms with Crippen LogP contribution in [-0.4, -0.2) is 78.6 Å². The highest BCUT2D eigenvalue weighted by Crippen LogP contribution is 2.36. The van der Waals surface area contributed by atoms with Gasteiger partial charge in [0.2, 0.25) is 11.8 Å². The van der Waals surface area contributed by atoms with Crippen LogP contribution in [-0.2, 0) is 38.2 Å². The van der Waals surface area contributed by atoms with Gasteiger partial charge in [-0.05, 0) is 85.0 Å². The highest BCUT2D eigenvalue weighted by molar-refractivity contribution is 6.31. The van der Waals surface area contributed by atoms with Gasteiger partial charge in [-0.15, -0.1) is 0 Å². The van der Waals surface area contributed by atoms with Crippen LogP contribution in [0.2, 0.25) is 5.02 Å². The lowest BCUT2D eigenvalue weighted by Gasteiger charge is -2.29. The number of fused-ring (bicyclic) bond motifs is 1. The van der Waals surface area contributed by atoms with E-state index in [1.54, 1.807) is 29.2 Å². The van der Waals surface area contributed by atoms with Crippen molar-refractivity contribution in [2.24, 2.45) is 0 Å². The summed E-state index contributed by atoms with van der Waals surface area (Å²) in [5.41, 5.74) is 1.79. The lowest BCUT2D eigenvalue weighted by Crippen LogP contribution is -2.52. The molecule has 4 aromatic rings. The molecule has 0 spiro atoms. The van der Waals surface area contributed by atoms with E-state index in [-0.39, 0.29) is 42.8 Å². The van der Waals surface area contributed by atoms with E-state index < -0.39 is 40.6 Å². The number of carbonyl (C=O) groups excluding carboxylic acids is 5. The van der Waals surface area contributed by atoms with Gasteiger partial charge in [-0.3, -0.25) is 29.5 Å². The van der Waals surface area contributed by atoms with Crippen LogP contribution < -0.4 is 26.0 Å². The zero-order valence-electron chi connectivity index (χ0n) is 30.8. The van der Waals surface area contributed by atoms with Gasteiger partial charge in [0.05, 0.1) is 30.4 Å². The van der Waals surface area contributed by atoms with E-state index in [1.807, 2.05) is 12.1 Å². The van der Waals surface area contributed by atoms with Gasteiger partial charge in [0.15, 0.2) is 0 Å². The lowest BCUT2D eigenvalue weighted by atomic mass is 10.00. The first-order chi connectivity index (χ1) is 27.9. The Morgan fingerprint density at radius 1 is 0.897 bits per heavy atom. The summed E-state index contributed by atoms with van der Waals surface area (Å²) in [5.74, 6) is -0.692. The first-order valence-electron chi connectivity index (χ1n) is 18.2. The number of nitrogens with one attached hydrogen (secondary N) is 4. The van der Waals surface area contributed by atoms with E-state index in [0.29, 0.717) is 68.4 Å². The number of rotatable bonds is 16. The first kappa shape index (κ1) is 41.6. The zero-order valence-corrected chi connectivity index (χ0v) is 31.6. The number of amides is 6. The maximum Gasteiger partial charge on any atom is 0.417 e. The number of pyridine rings is 1. The molecule has 1 unspecified atom stereocenters. The summed E-state index contributed by atoms with van der Waals surface area (Å²) in [5, 5.41) is 9.43. The third-order valence-corrected chi connectivity index (χ3v) is 9.49. The van der Waals surface area contributed by atoms with Crippen LogP contribution in [0.5, 0.6) is 11.5 Å². The van der Waals surface area contributed by atoms with E-state index in [2.05, 4.69) is 26.3 Å². The summed E-state index contributed by atoms with van der Waals surface area (Å²) >= 11 is 5.63. The summed E-state index contributed by atoms with van der Waals surface area (Å²) < 4.78 is 56.5. The highest BCUT2D eigenvalue weighted by atomic mass is 35.5. The molecule has 3 aromatic carbocycles. The van der Waals surface area contributed by atoms with Crippen LogP contribution in [0, 0.1) is 0 Å². The molecule has 4 N–H and O–H groups in total. The molecule has 58 heavy (non-hydrogen) atoms. The molecule has 0 bridgehead atoms. The van der Waals surface area contributed by atoms with Gasteiger partial charge >= 0.3 is 12.2 Å². The Morgan fingerprint density at radius 2 is 1.64 bits per heavy atom. The van der Waals surface area contributed by atoms with Crippen LogP contribution in [0.15, 0.2) is 79.0 Å². The summed E-state index contributed by atoms with van der Waals surface area (Å²) in [6, 6.07) is 16.4. The number of hydrogen-bond donors (Lipinski definition) is 4.